The van der Waals surface area contributed by atoms with Crippen molar-refractivity contribution in [3.8, 4) is 0 Å². The summed E-state index contributed by atoms with van der Waals surface area (Å²) < 4.78 is 0. The largest absolute Gasteiger partial charge is 0.480 e. The van der Waals surface area contributed by atoms with Gasteiger partial charge in [-0.2, -0.15) is 15.0 Å². The van der Waals surface area contributed by atoms with Crippen LogP contribution < -0.4 is 10.2 Å². The molecule has 1 fully saturated rings. The predicted molar refractivity (Wildman–Crippen MR) is 79.9 cm³/mol. The normalized spacial score (nSPS) is 17.6. The van der Waals surface area contributed by atoms with Gasteiger partial charge in [0, 0.05) is 33.2 Å². The topological polar surface area (TPSA) is 94.5 Å². The Morgan fingerprint density at radius 2 is 2.00 bits per heavy atom. The van der Waals surface area contributed by atoms with Gasteiger partial charge in [0.2, 0.25) is 17.2 Å². The molecule has 0 aromatic carbocycles. The zero-order valence-electron chi connectivity index (χ0n) is 12.1. The molecule has 21 heavy (non-hydrogen) atoms. The Balaban J connectivity index is 2.04. The first-order valence-electron chi connectivity index (χ1n) is 6.86. The Kier molecular flexibility index (Phi) is 5.13. The number of carboxylic acid groups (broad SMARTS) is 1. The molecule has 1 aliphatic heterocycles. The van der Waals surface area contributed by atoms with Crippen LogP contribution in [0.1, 0.15) is 13.3 Å². The molecular formula is C12H19ClN6O2. The summed E-state index contributed by atoms with van der Waals surface area (Å²) in [6.07, 6.45) is 0.594. The van der Waals surface area contributed by atoms with E-state index in [-0.39, 0.29) is 5.28 Å². The van der Waals surface area contributed by atoms with Crippen LogP contribution in [-0.2, 0) is 4.79 Å². The summed E-state index contributed by atoms with van der Waals surface area (Å²) in [6.45, 7) is 4.52. The maximum atomic E-state index is 11.2. The lowest BCUT2D eigenvalue weighted by Crippen LogP contribution is -2.53. The molecular weight excluding hydrogens is 296 g/mol. The maximum Gasteiger partial charge on any atom is 0.320 e. The van der Waals surface area contributed by atoms with Gasteiger partial charge >= 0.3 is 5.97 Å². The summed E-state index contributed by atoms with van der Waals surface area (Å²) in [6, 6.07) is -0.429. The molecule has 0 radical (unpaired) electrons. The Bertz CT molecular complexity index is 507. The number of nitrogens with zero attached hydrogens (tertiary/aromatic N) is 5. The average Bonchev–Trinajstić information content (AvgIpc) is 2.47. The van der Waals surface area contributed by atoms with E-state index < -0.39 is 12.0 Å². The SMILES string of the molecule is CCC(C(=O)O)N1CCN(c2nc(Cl)nc(NC)n2)CC1. The van der Waals surface area contributed by atoms with E-state index in [2.05, 4.69) is 20.3 Å². The molecule has 2 N–H and O–H groups in total. The number of hydrogen-bond acceptors (Lipinski definition) is 7. The van der Waals surface area contributed by atoms with Gasteiger partial charge in [-0.15, -0.1) is 0 Å². The minimum atomic E-state index is -0.772. The van der Waals surface area contributed by atoms with Crippen LogP contribution in [0.3, 0.4) is 0 Å². The molecule has 9 heteroatoms. The van der Waals surface area contributed by atoms with E-state index in [4.69, 9.17) is 11.6 Å². The van der Waals surface area contributed by atoms with Crippen molar-refractivity contribution < 1.29 is 9.90 Å². The summed E-state index contributed by atoms with van der Waals surface area (Å²) in [5.74, 6) is 0.165. The number of nitrogens with one attached hydrogen (secondary N) is 1. The van der Waals surface area contributed by atoms with Crippen molar-refractivity contribution in [3.63, 3.8) is 0 Å². The second kappa shape index (κ2) is 6.86. The van der Waals surface area contributed by atoms with E-state index in [1.54, 1.807) is 7.05 Å². The summed E-state index contributed by atoms with van der Waals surface area (Å²) in [7, 11) is 1.71. The van der Waals surface area contributed by atoms with E-state index >= 15 is 0 Å². The molecule has 1 aromatic rings. The fraction of sp³-hybridized carbons (Fsp3) is 0.667. The van der Waals surface area contributed by atoms with Crippen molar-refractivity contribution >= 4 is 29.5 Å². The Morgan fingerprint density at radius 1 is 1.33 bits per heavy atom. The quantitative estimate of drug-likeness (QED) is 0.814. The number of rotatable bonds is 5. The van der Waals surface area contributed by atoms with Crippen molar-refractivity contribution in [2.24, 2.45) is 0 Å². The second-order valence-electron chi connectivity index (χ2n) is 4.76. The number of aromatic nitrogens is 3. The zero-order chi connectivity index (χ0) is 15.4. The third-order valence-electron chi connectivity index (χ3n) is 3.53. The van der Waals surface area contributed by atoms with Crippen LogP contribution in [0, 0.1) is 0 Å². The predicted octanol–water partition coefficient (Wildman–Crippen LogP) is 0.552. The highest BCUT2D eigenvalue weighted by atomic mass is 35.5. The number of hydrogen-bond donors (Lipinski definition) is 2. The molecule has 1 unspecified atom stereocenters. The Morgan fingerprint density at radius 3 is 2.52 bits per heavy atom. The highest BCUT2D eigenvalue weighted by molar-refractivity contribution is 6.28. The summed E-state index contributed by atoms with van der Waals surface area (Å²) in [4.78, 5) is 27.5. The summed E-state index contributed by atoms with van der Waals surface area (Å²) >= 11 is 5.87. The molecule has 0 aliphatic carbocycles. The van der Waals surface area contributed by atoms with Crippen molar-refractivity contribution in [3.05, 3.63) is 5.28 Å². The molecule has 1 aromatic heterocycles. The van der Waals surface area contributed by atoms with E-state index in [0.717, 1.165) is 0 Å². The minimum absolute atomic E-state index is 0.142. The molecule has 1 atom stereocenters. The van der Waals surface area contributed by atoms with Crippen LogP contribution in [0.25, 0.3) is 0 Å². The first-order valence-corrected chi connectivity index (χ1v) is 7.24. The van der Waals surface area contributed by atoms with Crippen LogP contribution in [0.4, 0.5) is 11.9 Å². The second-order valence-corrected chi connectivity index (χ2v) is 5.10. The first kappa shape index (κ1) is 15.7. The Labute approximate surface area is 128 Å². The molecule has 0 saturated carbocycles. The lowest BCUT2D eigenvalue weighted by atomic mass is 10.1. The molecule has 0 amide bonds. The third kappa shape index (κ3) is 3.70. The van der Waals surface area contributed by atoms with Crippen LogP contribution in [-0.4, -0.2) is 70.2 Å². The summed E-state index contributed by atoms with van der Waals surface area (Å²) in [5.41, 5.74) is 0. The maximum absolute atomic E-state index is 11.2. The number of aliphatic carboxylic acids is 1. The molecule has 0 bridgehead atoms. The van der Waals surface area contributed by atoms with Crippen molar-refractivity contribution in [2.45, 2.75) is 19.4 Å². The zero-order valence-corrected chi connectivity index (χ0v) is 12.8. The molecule has 0 spiro atoms. The lowest BCUT2D eigenvalue weighted by Gasteiger charge is -2.37. The van der Waals surface area contributed by atoms with Gasteiger partial charge in [0.05, 0.1) is 0 Å². The number of carboxylic acids is 1. The van der Waals surface area contributed by atoms with Crippen LogP contribution in [0.15, 0.2) is 0 Å². The highest BCUT2D eigenvalue weighted by Crippen LogP contribution is 2.17. The van der Waals surface area contributed by atoms with Crippen molar-refractivity contribution in [2.75, 3.05) is 43.4 Å². The van der Waals surface area contributed by atoms with E-state index in [9.17, 15) is 9.90 Å². The number of halogens is 1. The van der Waals surface area contributed by atoms with Gasteiger partial charge < -0.3 is 15.3 Å². The Hall–Kier alpha value is -1.67. The lowest BCUT2D eigenvalue weighted by molar-refractivity contribution is -0.143. The molecule has 8 nitrogen and oxygen atoms in total. The fourth-order valence-electron chi connectivity index (χ4n) is 2.42. The number of anilines is 2. The molecule has 2 heterocycles. The molecule has 116 valence electrons. The van der Waals surface area contributed by atoms with Gasteiger partial charge in [-0.1, -0.05) is 6.92 Å². The third-order valence-corrected chi connectivity index (χ3v) is 3.70. The van der Waals surface area contributed by atoms with E-state index in [0.29, 0.717) is 44.5 Å². The van der Waals surface area contributed by atoms with Crippen LogP contribution in [0.2, 0.25) is 5.28 Å². The van der Waals surface area contributed by atoms with Gasteiger partial charge in [-0.25, -0.2) is 0 Å². The van der Waals surface area contributed by atoms with Gasteiger partial charge in [0.15, 0.2) is 0 Å². The average molecular weight is 315 g/mol. The van der Waals surface area contributed by atoms with Crippen molar-refractivity contribution in [1.82, 2.24) is 19.9 Å². The van der Waals surface area contributed by atoms with Gasteiger partial charge in [0.25, 0.3) is 0 Å². The van der Waals surface area contributed by atoms with E-state index in [1.807, 2.05) is 16.7 Å². The molecule has 2 rings (SSSR count). The molecule has 1 aliphatic rings. The van der Waals surface area contributed by atoms with Gasteiger partial charge in [-0.05, 0) is 18.0 Å². The van der Waals surface area contributed by atoms with Gasteiger partial charge in [0.1, 0.15) is 6.04 Å². The van der Waals surface area contributed by atoms with Crippen LogP contribution in [0.5, 0.6) is 0 Å². The monoisotopic (exact) mass is 314 g/mol. The first-order chi connectivity index (χ1) is 10.0. The van der Waals surface area contributed by atoms with Crippen LogP contribution >= 0.6 is 11.6 Å². The summed E-state index contributed by atoms with van der Waals surface area (Å²) in [5, 5.41) is 12.2. The van der Waals surface area contributed by atoms with Crippen molar-refractivity contribution in [1.29, 1.82) is 0 Å². The highest BCUT2D eigenvalue weighted by Gasteiger charge is 2.28. The van der Waals surface area contributed by atoms with Gasteiger partial charge in [-0.3, -0.25) is 9.69 Å². The standard InChI is InChI=1S/C12H19ClN6O2/c1-3-8(9(20)21)18-4-6-19(7-5-18)12-16-10(13)15-11(14-2)17-12/h8H,3-7H2,1-2H3,(H,20,21)(H,14,15,16,17). The minimum Gasteiger partial charge on any atom is -0.480 e. The fourth-order valence-corrected chi connectivity index (χ4v) is 2.57. The molecule has 1 saturated heterocycles. The number of piperazine rings is 1. The smallest absolute Gasteiger partial charge is 0.320 e. The van der Waals surface area contributed by atoms with E-state index in [1.165, 1.54) is 0 Å². The number of carbonyl (C=O) groups is 1.